The van der Waals surface area contributed by atoms with E-state index in [1.165, 1.54) is 24.8 Å². The van der Waals surface area contributed by atoms with Gasteiger partial charge in [0.15, 0.2) is 0 Å². The number of hydrogen-bond donors (Lipinski definition) is 0. The molecule has 0 radical (unpaired) electrons. The van der Waals surface area contributed by atoms with Crippen molar-refractivity contribution in [2.24, 2.45) is 5.92 Å². The van der Waals surface area contributed by atoms with E-state index in [2.05, 4.69) is 43.3 Å². The molecular formula is C13H16. The standard InChI is InChI=1S/C13H16/c1-11-6-5-9-13(10-11)12-7-3-2-4-8-12/h2-4,7-9,11H,5-6,10H2,1H3. The Morgan fingerprint density at radius 1 is 1.15 bits per heavy atom. The number of benzene rings is 1. The average Bonchev–Trinajstić information content (AvgIpc) is 2.19. The Hall–Kier alpha value is -1.04. The predicted octanol–water partition coefficient (Wildman–Crippen LogP) is 3.89. The van der Waals surface area contributed by atoms with E-state index < -0.39 is 0 Å². The summed E-state index contributed by atoms with van der Waals surface area (Å²) in [5.74, 6) is 0.861. The van der Waals surface area contributed by atoms with Gasteiger partial charge < -0.3 is 0 Å². The molecule has 0 saturated carbocycles. The van der Waals surface area contributed by atoms with Crippen LogP contribution in [0.15, 0.2) is 36.4 Å². The summed E-state index contributed by atoms with van der Waals surface area (Å²) in [6.07, 6.45) is 6.26. The van der Waals surface area contributed by atoms with Crippen molar-refractivity contribution in [1.82, 2.24) is 0 Å². The van der Waals surface area contributed by atoms with Gasteiger partial charge in [-0.1, -0.05) is 43.3 Å². The van der Waals surface area contributed by atoms with Crippen molar-refractivity contribution in [3.63, 3.8) is 0 Å². The van der Waals surface area contributed by atoms with Crippen LogP contribution in [0.3, 0.4) is 0 Å². The SMILES string of the molecule is CC1CCC=C(c2ccccc2)C1. The second-order valence-electron chi connectivity index (χ2n) is 3.98. The monoisotopic (exact) mass is 172 g/mol. The van der Waals surface area contributed by atoms with Crippen molar-refractivity contribution in [2.75, 3.05) is 0 Å². The van der Waals surface area contributed by atoms with Crippen LogP contribution in [0.25, 0.3) is 5.57 Å². The fraction of sp³-hybridized carbons (Fsp3) is 0.385. The zero-order chi connectivity index (χ0) is 9.10. The summed E-state index contributed by atoms with van der Waals surface area (Å²) in [5.41, 5.74) is 2.95. The van der Waals surface area contributed by atoms with E-state index in [0.29, 0.717) is 0 Å². The molecule has 0 heterocycles. The van der Waals surface area contributed by atoms with Gasteiger partial charge in [-0.25, -0.2) is 0 Å². The second-order valence-corrected chi connectivity index (χ2v) is 3.98. The molecule has 0 bridgehead atoms. The van der Waals surface area contributed by atoms with Crippen molar-refractivity contribution in [2.45, 2.75) is 26.2 Å². The Morgan fingerprint density at radius 3 is 2.62 bits per heavy atom. The largest absolute Gasteiger partial charge is 0.0807 e. The van der Waals surface area contributed by atoms with E-state index in [1.807, 2.05) is 0 Å². The molecule has 0 saturated heterocycles. The molecule has 1 unspecified atom stereocenters. The normalized spacial score (nSPS) is 22.5. The summed E-state index contributed by atoms with van der Waals surface area (Å²) in [6, 6.07) is 10.7. The highest BCUT2D eigenvalue weighted by atomic mass is 14.2. The molecule has 1 aromatic carbocycles. The second kappa shape index (κ2) is 3.78. The van der Waals surface area contributed by atoms with Crippen LogP contribution in [0, 0.1) is 5.92 Å². The number of hydrogen-bond acceptors (Lipinski definition) is 0. The summed E-state index contributed by atoms with van der Waals surface area (Å²) >= 11 is 0. The van der Waals surface area contributed by atoms with Crippen LogP contribution >= 0.6 is 0 Å². The summed E-state index contributed by atoms with van der Waals surface area (Å²) in [4.78, 5) is 0. The molecule has 13 heavy (non-hydrogen) atoms. The van der Waals surface area contributed by atoms with E-state index in [1.54, 1.807) is 5.57 Å². The number of rotatable bonds is 1. The topological polar surface area (TPSA) is 0 Å². The van der Waals surface area contributed by atoms with Crippen LogP contribution in [-0.2, 0) is 0 Å². The van der Waals surface area contributed by atoms with Crippen molar-refractivity contribution in [3.8, 4) is 0 Å². The molecule has 68 valence electrons. The van der Waals surface area contributed by atoms with E-state index in [-0.39, 0.29) is 0 Å². The van der Waals surface area contributed by atoms with Crippen molar-refractivity contribution >= 4 is 5.57 Å². The maximum atomic E-state index is 2.40. The van der Waals surface area contributed by atoms with Crippen molar-refractivity contribution in [1.29, 1.82) is 0 Å². The molecule has 0 N–H and O–H groups in total. The van der Waals surface area contributed by atoms with Crippen LogP contribution < -0.4 is 0 Å². The van der Waals surface area contributed by atoms with Crippen LogP contribution in [-0.4, -0.2) is 0 Å². The smallest absolute Gasteiger partial charge is 0.0228 e. The van der Waals surface area contributed by atoms with Gasteiger partial charge >= 0.3 is 0 Å². The third-order valence-corrected chi connectivity index (χ3v) is 2.76. The van der Waals surface area contributed by atoms with Crippen LogP contribution in [0.1, 0.15) is 31.7 Å². The zero-order valence-corrected chi connectivity index (χ0v) is 8.16. The number of allylic oxidation sites excluding steroid dienone is 2. The molecular weight excluding hydrogens is 156 g/mol. The lowest BCUT2D eigenvalue weighted by atomic mass is 9.87. The Bertz CT molecular complexity index is 295. The molecule has 0 spiro atoms. The minimum Gasteiger partial charge on any atom is -0.0807 e. The van der Waals surface area contributed by atoms with Gasteiger partial charge in [-0.15, -0.1) is 0 Å². The maximum Gasteiger partial charge on any atom is -0.0228 e. The summed E-state index contributed by atoms with van der Waals surface area (Å²) in [7, 11) is 0. The molecule has 1 aromatic rings. The van der Waals surface area contributed by atoms with E-state index in [0.717, 1.165) is 5.92 Å². The highest BCUT2D eigenvalue weighted by Gasteiger charge is 2.11. The predicted molar refractivity (Wildman–Crippen MR) is 57.4 cm³/mol. The Labute approximate surface area is 80.3 Å². The zero-order valence-electron chi connectivity index (χ0n) is 8.16. The summed E-state index contributed by atoms with van der Waals surface area (Å²) in [6.45, 7) is 2.34. The average molecular weight is 172 g/mol. The van der Waals surface area contributed by atoms with Gasteiger partial charge in [0, 0.05) is 0 Å². The first-order valence-electron chi connectivity index (χ1n) is 5.11. The molecule has 2 rings (SSSR count). The molecule has 0 heteroatoms. The minimum absolute atomic E-state index is 0.861. The van der Waals surface area contributed by atoms with Gasteiger partial charge in [0.05, 0.1) is 0 Å². The highest BCUT2D eigenvalue weighted by Crippen LogP contribution is 2.30. The molecule has 1 aliphatic rings. The Kier molecular flexibility index (Phi) is 2.49. The van der Waals surface area contributed by atoms with Crippen LogP contribution in [0.5, 0.6) is 0 Å². The molecule has 0 nitrogen and oxygen atoms in total. The minimum atomic E-state index is 0.861. The third-order valence-electron chi connectivity index (χ3n) is 2.76. The van der Waals surface area contributed by atoms with E-state index >= 15 is 0 Å². The first-order chi connectivity index (χ1) is 6.36. The fourth-order valence-electron chi connectivity index (χ4n) is 1.99. The van der Waals surface area contributed by atoms with Crippen molar-refractivity contribution < 1.29 is 0 Å². The van der Waals surface area contributed by atoms with E-state index in [9.17, 15) is 0 Å². The van der Waals surface area contributed by atoms with Crippen molar-refractivity contribution in [3.05, 3.63) is 42.0 Å². The van der Waals surface area contributed by atoms with Gasteiger partial charge in [-0.2, -0.15) is 0 Å². The van der Waals surface area contributed by atoms with Gasteiger partial charge in [-0.3, -0.25) is 0 Å². The Morgan fingerprint density at radius 2 is 1.92 bits per heavy atom. The van der Waals surface area contributed by atoms with E-state index in [4.69, 9.17) is 0 Å². The fourth-order valence-corrected chi connectivity index (χ4v) is 1.99. The lowest BCUT2D eigenvalue weighted by molar-refractivity contribution is 0.536. The summed E-state index contributed by atoms with van der Waals surface area (Å²) < 4.78 is 0. The molecule has 0 amide bonds. The maximum absolute atomic E-state index is 2.40. The quantitative estimate of drug-likeness (QED) is 0.603. The molecule has 1 aliphatic carbocycles. The summed E-state index contributed by atoms with van der Waals surface area (Å²) in [5, 5.41) is 0. The highest BCUT2D eigenvalue weighted by molar-refractivity contribution is 5.66. The Balaban J connectivity index is 2.22. The van der Waals surface area contributed by atoms with Gasteiger partial charge in [0.1, 0.15) is 0 Å². The van der Waals surface area contributed by atoms with Crippen LogP contribution in [0.2, 0.25) is 0 Å². The lowest BCUT2D eigenvalue weighted by Crippen LogP contribution is -2.01. The molecule has 0 aromatic heterocycles. The van der Waals surface area contributed by atoms with Crippen LogP contribution in [0.4, 0.5) is 0 Å². The molecule has 1 atom stereocenters. The first-order valence-corrected chi connectivity index (χ1v) is 5.11. The van der Waals surface area contributed by atoms with Gasteiger partial charge in [-0.05, 0) is 36.3 Å². The van der Waals surface area contributed by atoms with Gasteiger partial charge in [0.2, 0.25) is 0 Å². The molecule has 0 fully saturated rings. The molecule has 0 aliphatic heterocycles. The third kappa shape index (κ3) is 2.00. The lowest BCUT2D eigenvalue weighted by Gasteiger charge is -2.19. The van der Waals surface area contributed by atoms with Gasteiger partial charge in [0.25, 0.3) is 0 Å². The first kappa shape index (κ1) is 8.55.